The average Bonchev–Trinajstić information content (AvgIpc) is 2.93. The van der Waals surface area contributed by atoms with Crippen LogP contribution in [-0.4, -0.2) is 32.3 Å². The van der Waals surface area contributed by atoms with Gasteiger partial charge in [0.1, 0.15) is 5.71 Å². The largest absolute Gasteiger partial charge is 0.296 e. The summed E-state index contributed by atoms with van der Waals surface area (Å²) in [4.78, 5) is 20.3. The van der Waals surface area contributed by atoms with Gasteiger partial charge in [-0.3, -0.25) is 25.3 Å². The first-order valence-electron chi connectivity index (χ1n) is 8.86. The Morgan fingerprint density at radius 3 is 2.62 bits per heavy atom. The Balaban J connectivity index is 1.74. The maximum atomic E-state index is 11.5. The van der Waals surface area contributed by atoms with Gasteiger partial charge in [-0.1, -0.05) is 36.8 Å². The van der Waals surface area contributed by atoms with Crippen LogP contribution in [-0.2, 0) is 6.54 Å². The van der Waals surface area contributed by atoms with Crippen LogP contribution in [0.25, 0.3) is 0 Å². The quantitative estimate of drug-likeness (QED) is 0.512. The molecule has 1 aromatic rings. The van der Waals surface area contributed by atoms with Gasteiger partial charge in [0.05, 0.1) is 17.2 Å². The van der Waals surface area contributed by atoms with Crippen molar-refractivity contribution in [3.05, 3.63) is 69.6 Å². The number of allylic oxidation sites excluding steroid dienone is 4. The second-order valence-corrected chi connectivity index (χ2v) is 6.83. The first-order valence-corrected chi connectivity index (χ1v) is 8.86. The number of hydrogen-bond acceptors (Lipinski definition) is 6. The molecule has 3 aliphatic rings. The molecular weight excluding hydrogens is 332 g/mol. The maximum absolute atomic E-state index is 11.5. The molecule has 1 heterocycles. The smallest absolute Gasteiger partial charge is 0.286 e. The van der Waals surface area contributed by atoms with E-state index >= 15 is 0 Å². The van der Waals surface area contributed by atoms with Crippen molar-refractivity contribution in [1.82, 2.24) is 5.06 Å². The van der Waals surface area contributed by atoms with Crippen LogP contribution in [0.4, 0.5) is 0 Å². The zero-order valence-corrected chi connectivity index (χ0v) is 14.3. The number of hydrogen-bond donors (Lipinski definition) is 1. The fraction of sp³-hybridized carbons (Fsp3) is 0.368. The van der Waals surface area contributed by atoms with Gasteiger partial charge < -0.3 is 0 Å². The molecule has 26 heavy (non-hydrogen) atoms. The first kappa shape index (κ1) is 16.7. The zero-order valence-electron chi connectivity index (χ0n) is 14.3. The molecule has 1 aliphatic heterocycles. The van der Waals surface area contributed by atoms with Gasteiger partial charge in [-0.15, -0.1) is 0 Å². The topological polar surface area (TPSA) is 91.3 Å². The second kappa shape index (κ2) is 6.49. The van der Waals surface area contributed by atoms with Crippen molar-refractivity contribution in [2.75, 3.05) is 0 Å². The molecule has 1 N–H and O–H groups in total. The van der Waals surface area contributed by atoms with Crippen LogP contribution in [0.2, 0.25) is 0 Å². The summed E-state index contributed by atoms with van der Waals surface area (Å²) in [5.41, 5.74) is 1.37. The molecular formula is C19H20N4O3. The Hall–Kier alpha value is -2.80. The van der Waals surface area contributed by atoms with E-state index in [0.29, 0.717) is 18.0 Å². The SMILES string of the molecule is O=[N+]([O-])C1=CC=C2C(=NC3(CCCCC3)N2O)C1=NCc1ccccc1. The Kier molecular flexibility index (Phi) is 4.16. The van der Waals surface area contributed by atoms with Gasteiger partial charge in [0.15, 0.2) is 11.4 Å². The monoisotopic (exact) mass is 352 g/mol. The molecule has 1 saturated carbocycles. The van der Waals surface area contributed by atoms with Gasteiger partial charge in [-0.05, 0) is 37.3 Å². The van der Waals surface area contributed by atoms with Crippen molar-refractivity contribution >= 4 is 11.4 Å². The van der Waals surface area contributed by atoms with Crippen LogP contribution in [0.5, 0.6) is 0 Å². The van der Waals surface area contributed by atoms with E-state index in [-0.39, 0.29) is 11.4 Å². The predicted molar refractivity (Wildman–Crippen MR) is 97.6 cm³/mol. The number of hydroxylamine groups is 2. The summed E-state index contributed by atoms with van der Waals surface area (Å²) in [5, 5.41) is 23.4. The minimum absolute atomic E-state index is 0.0790. The number of rotatable bonds is 3. The number of benzene rings is 1. The maximum Gasteiger partial charge on any atom is 0.296 e. The molecule has 0 saturated heterocycles. The second-order valence-electron chi connectivity index (χ2n) is 6.83. The molecule has 0 unspecified atom stereocenters. The lowest BCUT2D eigenvalue weighted by Gasteiger charge is -2.36. The molecule has 4 rings (SSSR count). The molecule has 0 amide bonds. The molecule has 0 bridgehead atoms. The zero-order chi connectivity index (χ0) is 18.1. The summed E-state index contributed by atoms with van der Waals surface area (Å²) in [5.74, 6) is 0. The molecule has 1 fully saturated rings. The number of nitrogens with zero attached hydrogens (tertiary/aromatic N) is 4. The van der Waals surface area contributed by atoms with E-state index in [1.807, 2.05) is 30.3 Å². The normalized spacial score (nSPS) is 22.7. The molecule has 1 aromatic carbocycles. The van der Waals surface area contributed by atoms with Crippen molar-refractivity contribution in [2.45, 2.75) is 44.3 Å². The highest BCUT2D eigenvalue weighted by molar-refractivity contribution is 6.54. The highest BCUT2D eigenvalue weighted by Gasteiger charge is 2.48. The fourth-order valence-electron chi connectivity index (χ4n) is 3.82. The minimum atomic E-state index is -0.702. The van der Waals surface area contributed by atoms with Crippen molar-refractivity contribution in [2.24, 2.45) is 9.98 Å². The molecule has 1 spiro atoms. The molecule has 0 radical (unpaired) electrons. The van der Waals surface area contributed by atoms with E-state index in [4.69, 9.17) is 4.99 Å². The van der Waals surface area contributed by atoms with Gasteiger partial charge >= 0.3 is 0 Å². The first-order chi connectivity index (χ1) is 12.6. The van der Waals surface area contributed by atoms with Crippen LogP contribution in [0.15, 0.2) is 63.9 Å². The lowest BCUT2D eigenvalue weighted by molar-refractivity contribution is -0.414. The van der Waals surface area contributed by atoms with Crippen molar-refractivity contribution < 1.29 is 10.1 Å². The summed E-state index contributed by atoms with van der Waals surface area (Å²) in [6.45, 7) is 0.325. The fourth-order valence-corrected chi connectivity index (χ4v) is 3.82. The third-order valence-corrected chi connectivity index (χ3v) is 5.16. The summed E-state index contributed by atoms with van der Waals surface area (Å²) < 4.78 is 0. The summed E-state index contributed by atoms with van der Waals surface area (Å²) in [6, 6.07) is 9.59. The van der Waals surface area contributed by atoms with Gasteiger partial charge in [0.25, 0.3) is 5.70 Å². The average molecular weight is 352 g/mol. The van der Waals surface area contributed by atoms with Crippen LogP contribution < -0.4 is 0 Å². The van der Waals surface area contributed by atoms with E-state index in [1.54, 1.807) is 6.08 Å². The summed E-state index contributed by atoms with van der Waals surface area (Å²) in [6.07, 6.45) is 7.53. The number of fused-ring (bicyclic) bond motifs is 1. The summed E-state index contributed by atoms with van der Waals surface area (Å²) in [7, 11) is 0. The molecule has 2 aliphatic carbocycles. The third-order valence-electron chi connectivity index (χ3n) is 5.16. The van der Waals surface area contributed by atoms with Crippen LogP contribution >= 0.6 is 0 Å². The van der Waals surface area contributed by atoms with Crippen molar-refractivity contribution in [1.29, 1.82) is 0 Å². The molecule has 7 heteroatoms. The minimum Gasteiger partial charge on any atom is -0.286 e. The van der Waals surface area contributed by atoms with Crippen LogP contribution in [0.3, 0.4) is 0 Å². The summed E-state index contributed by atoms with van der Waals surface area (Å²) >= 11 is 0. The van der Waals surface area contributed by atoms with Gasteiger partial charge in [-0.2, -0.15) is 0 Å². The lowest BCUT2D eigenvalue weighted by Crippen LogP contribution is -2.42. The van der Waals surface area contributed by atoms with Crippen molar-refractivity contribution in [3.63, 3.8) is 0 Å². The lowest BCUT2D eigenvalue weighted by atomic mass is 9.89. The number of nitro groups is 1. The van der Waals surface area contributed by atoms with Crippen molar-refractivity contribution in [3.8, 4) is 0 Å². The molecule has 0 aromatic heterocycles. The third kappa shape index (κ3) is 2.74. The Labute approximate surface area is 151 Å². The van der Waals surface area contributed by atoms with Gasteiger partial charge in [-0.25, -0.2) is 5.06 Å². The van der Waals surface area contributed by atoms with Crippen LogP contribution in [0.1, 0.15) is 37.7 Å². The van der Waals surface area contributed by atoms with E-state index in [1.165, 1.54) is 11.1 Å². The van der Waals surface area contributed by atoms with E-state index in [0.717, 1.165) is 37.7 Å². The van der Waals surface area contributed by atoms with E-state index in [2.05, 4.69) is 4.99 Å². The Morgan fingerprint density at radius 1 is 1.19 bits per heavy atom. The van der Waals surface area contributed by atoms with Crippen LogP contribution in [0, 0.1) is 10.1 Å². The Morgan fingerprint density at radius 2 is 1.92 bits per heavy atom. The highest BCUT2D eigenvalue weighted by Crippen LogP contribution is 2.42. The van der Waals surface area contributed by atoms with Gasteiger partial charge in [0, 0.05) is 6.08 Å². The predicted octanol–water partition coefficient (Wildman–Crippen LogP) is 3.49. The van der Waals surface area contributed by atoms with Gasteiger partial charge in [0.2, 0.25) is 0 Å². The Bertz CT molecular complexity index is 849. The van der Waals surface area contributed by atoms with E-state index in [9.17, 15) is 15.3 Å². The standard InChI is InChI=1S/C19H20N4O3/c24-22-15-9-10-16(23(25)26)17(20-13-14-7-3-1-4-8-14)18(15)21-19(22)11-5-2-6-12-19/h1,3-4,7-10,24H,2,5-6,11-13H2. The molecule has 134 valence electrons. The molecule has 7 nitrogen and oxygen atoms in total. The highest BCUT2D eigenvalue weighted by atomic mass is 16.6. The van der Waals surface area contributed by atoms with E-state index < -0.39 is 10.6 Å². The number of aliphatic imine (C=N–C) groups is 2. The molecule has 0 atom stereocenters.